The molecule has 0 saturated carbocycles. The van der Waals surface area contributed by atoms with Crippen LogP contribution in [0.15, 0.2) is 30.5 Å². The van der Waals surface area contributed by atoms with E-state index in [1.165, 1.54) is 12.8 Å². The summed E-state index contributed by atoms with van der Waals surface area (Å²) in [5.74, 6) is 3.49. The molecule has 4 heterocycles. The van der Waals surface area contributed by atoms with Gasteiger partial charge in [-0.2, -0.15) is 19.6 Å². The average molecular weight is 464 g/mol. The van der Waals surface area contributed by atoms with Gasteiger partial charge in [0.25, 0.3) is 0 Å². The van der Waals surface area contributed by atoms with Gasteiger partial charge in [-0.3, -0.25) is 0 Å². The molecule has 182 valence electrons. The molecule has 0 atom stereocenters. The molecular weight excluding hydrogens is 426 g/mol. The molecule has 2 N–H and O–H groups in total. The van der Waals surface area contributed by atoms with Crippen molar-refractivity contribution in [1.82, 2.24) is 24.9 Å². The normalized spacial score (nSPS) is 18.3. The molecule has 8 nitrogen and oxygen atoms in total. The number of rotatable bonds is 3. The van der Waals surface area contributed by atoms with Crippen LogP contribution in [0.25, 0.3) is 5.65 Å². The maximum absolute atomic E-state index is 6.14. The van der Waals surface area contributed by atoms with Crippen molar-refractivity contribution in [2.75, 3.05) is 43.0 Å². The number of piperidine rings is 1. The summed E-state index contributed by atoms with van der Waals surface area (Å²) in [5, 5.41) is 11.7. The number of nitrogens with one attached hydrogen (secondary N) is 2. The lowest BCUT2D eigenvalue weighted by Crippen LogP contribution is -2.37. The van der Waals surface area contributed by atoms with E-state index < -0.39 is 0 Å². The van der Waals surface area contributed by atoms with Crippen LogP contribution in [0.5, 0.6) is 5.75 Å². The number of nitrogens with zero attached hydrogens (tertiary/aromatic N) is 5. The molecule has 3 aromatic rings. The highest BCUT2D eigenvalue weighted by Gasteiger charge is 2.22. The van der Waals surface area contributed by atoms with Crippen LogP contribution in [0, 0.1) is 5.92 Å². The van der Waals surface area contributed by atoms with Crippen molar-refractivity contribution in [1.29, 1.82) is 0 Å². The van der Waals surface area contributed by atoms with Gasteiger partial charge in [0.2, 0.25) is 11.9 Å². The Morgan fingerprint density at radius 3 is 2.79 bits per heavy atom. The van der Waals surface area contributed by atoms with Gasteiger partial charge in [-0.05, 0) is 63.1 Å². The summed E-state index contributed by atoms with van der Waals surface area (Å²) in [6.45, 7) is 9.91. The molecule has 2 aromatic heterocycles. The van der Waals surface area contributed by atoms with E-state index >= 15 is 0 Å². The lowest BCUT2D eigenvalue weighted by Gasteiger charge is -2.30. The van der Waals surface area contributed by atoms with Crippen LogP contribution in [0.2, 0.25) is 0 Å². The minimum absolute atomic E-state index is 0.339. The third kappa shape index (κ3) is 5.12. The Morgan fingerprint density at radius 1 is 1.09 bits per heavy atom. The van der Waals surface area contributed by atoms with Crippen LogP contribution < -0.4 is 20.3 Å². The molecule has 2 aliphatic rings. The zero-order chi connectivity index (χ0) is 23.3. The first-order valence-corrected chi connectivity index (χ1v) is 12.8. The standard InChI is InChI=1S/C26H37N7O/c1-19(2)22-17-29-33-24(22)30-26-31-25(33)28-16-21-8-4-5-9-23(21)34-15-7-3-6-14-32(26)18-20-10-12-27-13-11-20/h4-5,8-9,17,19-20,27H,3,6-7,10-16,18H2,1-2H3,(H,28,30,31). The molecule has 34 heavy (non-hydrogen) atoms. The van der Waals surface area contributed by atoms with E-state index in [0.29, 0.717) is 18.4 Å². The molecule has 1 aromatic carbocycles. The van der Waals surface area contributed by atoms with Gasteiger partial charge in [0.1, 0.15) is 5.75 Å². The van der Waals surface area contributed by atoms with Crippen LogP contribution in [0.4, 0.5) is 11.9 Å². The van der Waals surface area contributed by atoms with E-state index in [0.717, 1.165) is 86.5 Å². The number of para-hydroxylation sites is 1. The molecule has 8 heteroatoms. The predicted octanol–water partition coefficient (Wildman–Crippen LogP) is 4.23. The Balaban J connectivity index is 1.54. The molecule has 5 rings (SSSR count). The summed E-state index contributed by atoms with van der Waals surface area (Å²) < 4.78 is 8.00. The van der Waals surface area contributed by atoms with Crippen LogP contribution >= 0.6 is 0 Å². The number of anilines is 2. The fourth-order valence-electron chi connectivity index (χ4n) is 4.92. The van der Waals surface area contributed by atoms with Gasteiger partial charge in [-0.1, -0.05) is 32.0 Å². The highest BCUT2D eigenvalue weighted by Crippen LogP contribution is 2.26. The van der Waals surface area contributed by atoms with Gasteiger partial charge in [-0.15, -0.1) is 0 Å². The first kappa shape index (κ1) is 22.9. The smallest absolute Gasteiger partial charge is 0.230 e. The summed E-state index contributed by atoms with van der Waals surface area (Å²) in [6, 6.07) is 8.25. The van der Waals surface area contributed by atoms with Crippen molar-refractivity contribution in [3.63, 3.8) is 0 Å². The monoisotopic (exact) mass is 463 g/mol. The van der Waals surface area contributed by atoms with E-state index in [9.17, 15) is 0 Å². The van der Waals surface area contributed by atoms with Gasteiger partial charge in [0.05, 0.1) is 12.8 Å². The largest absolute Gasteiger partial charge is 0.493 e. The quantitative estimate of drug-likeness (QED) is 0.602. The van der Waals surface area contributed by atoms with E-state index in [-0.39, 0.29) is 0 Å². The van der Waals surface area contributed by atoms with Crippen LogP contribution in [-0.2, 0) is 6.54 Å². The summed E-state index contributed by atoms with van der Waals surface area (Å²) in [4.78, 5) is 12.5. The summed E-state index contributed by atoms with van der Waals surface area (Å²) >= 11 is 0. The number of benzene rings is 1. The van der Waals surface area contributed by atoms with Crippen LogP contribution in [-0.4, -0.2) is 52.4 Å². The molecule has 0 spiro atoms. The zero-order valence-electron chi connectivity index (χ0n) is 20.5. The molecule has 1 fully saturated rings. The summed E-state index contributed by atoms with van der Waals surface area (Å²) in [5.41, 5.74) is 3.17. The van der Waals surface area contributed by atoms with Crippen molar-refractivity contribution < 1.29 is 4.74 Å². The van der Waals surface area contributed by atoms with Crippen molar-refractivity contribution in [3.05, 3.63) is 41.6 Å². The molecular formula is C26H37N7O. The molecule has 2 aliphatic heterocycles. The van der Waals surface area contributed by atoms with Crippen molar-refractivity contribution in [3.8, 4) is 5.75 Å². The number of hydrogen-bond donors (Lipinski definition) is 2. The Hall–Kier alpha value is -2.87. The minimum atomic E-state index is 0.339. The molecule has 0 amide bonds. The van der Waals surface area contributed by atoms with Crippen molar-refractivity contribution >= 4 is 17.5 Å². The van der Waals surface area contributed by atoms with Gasteiger partial charge in [-0.25, -0.2) is 0 Å². The lowest BCUT2D eigenvalue weighted by molar-refractivity contribution is 0.302. The van der Waals surface area contributed by atoms with Gasteiger partial charge in [0, 0.05) is 30.8 Å². The SMILES string of the molecule is CC(C)c1cnn2c3nc(nc12)N(CC1CCNCC1)CCCCCOc1ccccc1CN3. The highest BCUT2D eigenvalue weighted by molar-refractivity contribution is 5.56. The molecule has 0 aliphatic carbocycles. The zero-order valence-corrected chi connectivity index (χ0v) is 20.5. The van der Waals surface area contributed by atoms with E-state index in [4.69, 9.17) is 14.7 Å². The molecule has 1 saturated heterocycles. The average Bonchev–Trinajstić information content (AvgIpc) is 3.29. The van der Waals surface area contributed by atoms with Crippen molar-refractivity contribution in [2.24, 2.45) is 5.92 Å². The topological polar surface area (TPSA) is 79.6 Å². The van der Waals surface area contributed by atoms with E-state index in [2.05, 4.69) is 52.7 Å². The molecule has 0 radical (unpaired) electrons. The number of ether oxygens (including phenoxy) is 1. The lowest BCUT2D eigenvalue weighted by atomic mass is 9.97. The highest BCUT2D eigenvalue weighted by atomic mass is 16.5. The third-order valence-corrected chi connectivity index (χ3v) is 6.97. The van der Waals surface area contributed by atoms with Crippen molar-refractivity contribution in [2.45, 2.75) is 58.4 Å². The van der Waals surface area contributed by atoms with Gasteiger partial charge >= 0.3 is 0 Å². The summed E-state index contributed by atoms with van der Waals surface area (Å²) in [6.07, 6.45) is 7.63. The first-order valence-electron chi connectivity index (χ1n) is 12.8. The first-order chi connectivity index (χ1) is 16.7. The third-order valence-electron chi connectivity index (χ3n) is 6.97. The van der Waals surface area contributed by atoms with Gasteiger partial charge in [0.15, 0.2) is 5.65 Å². The summed E-state index contributed by atoms with van der Waals surface area (Å²) in [7, 11) is 0. The Bertz CT molecular complexity index is 1090. The van der Waals surface area contributed by atoms with Crippen LogP contribution in [0.3, 0.4) is 0 Å². The minimum Gasteiger partial charge on any atom is -0.493 e. The fraction of sp³-hybridized carbons (Fsp3) is 0.577. The second-order valence-corrected chi connectivity index (χ2v) is 9.85. The Labute approximate surface area is 202 Å². The predicted molar refractivity (Wildman–Crippen MR) is 136 cm³/mol. The number of hydrogen-bond acceptors (Lipinski definition) is 7. The number of fused-ring (bicyclic) bond motifs is 5. The van der Waals surface area contributed by atoms with Crippen LogP contribution in [0.1, 0.15) is 63.0 Å². The Morgan fingerprint density at radius 2 is 1.94 bits per heavy atom. The second kappa shape index (κ2) is 10.6. The number of aromatic nitrogens is 4. The maximum Gasteiger partial charge on any atom is 0.230 e. The Kier molecular flexibility index (Phi) is 7.13. The molecule has 0 unspecified atom stereocenters. The van der Waals surface area contributed by atoms with E-state index in [1.54, 1.807) is 0 Å². The van der Waals surface area contributed by atoms with E-state index in [1.807, 2.05) is 16.8 Å². The second-order valence-electron chi connectivity index (χ2n) is 9.85. The van der Waals surface area contributed by atoms with Gasteiger partial charge < -0.3 is 20.3 Å². The maximum atomic E-state index is 6.14. The molecule has 2 bridgehead atoms. The fourth-order valence-corrected chi connectivity index (χ4v) is 4.92.